The molecule has 0 atom stereocenters. The molecule has 2 N–H and O–H groups in total. The van der Waals surface area contributed by atoms with Gasteiger partial charge in [0.15, 0.2) is 0 Å². The minimum absolute atomic E-state index is 0.258. The first-order valence-corrected chi connectivity index (χ1v) is 6.15. The largest absolute Gasteiger partial charge is 0.320 e. The monoisotopic (exact) mass is 277 g/mol. The van der Waals surface area contributed by atoms with Crippen LogP contribution in [0.2, 0.25) is 5.02 Å². The fraction of sp³-hybridized carbons (Fsp3) is 0.214. The van der Waals surface area contributed by atoms with Gasteiger partial charge < -0.3 is 5.73 Å². The van der Waals surface area contributed by atoms with E-state index in [4.69, 9.17) is 17.3 Å². The van der Waals surface area contributed by atoms with Gasteiger partial charge in [-0.05, 0) is 19.1 Å². The maximum absolute atomic E-state index is 13.9. The molecule has 1 aromatic carbocycles. The minimum atomic E-state index is -0.312. The molecule has 0 aliphatic heterocycles. The van der Waals surface area contributed by atoms with E-state index in [-0.39, 0.29) is 12.4 Å². The van der Waals surface area contributed by atoms with E-state index in [0.717, 1.165) is 5.69 Å². The van der Waals surface area contributed by atoms with Gasteiger partial charge in [0.2, 0.25) is 0 Å². The number of hydrogen-bond donors (Lipinski definition) is 1. The van der Waals surface area contributed by atoms with E-state index in [2.05, 4.69) is 16.9 Å². The molecule has 3 nitrogen and oxygen atoms in total. The standard InChI is InChI=1S/C14H13ClFN3/c1-10-13(15)9-19(18-10)8-12-5-4-11(3-2-6-17)7-14(12)16/h4-5,7,9H,6,8,17H2,1H3. The van der Waals surface area contributed by atoms with Crippen LogP contribution in [0.25, 0.3) is 0 Å². The molecule has 0 saturated heterocycles. The molecular weight excluding hydrogens is 265 g/mol. The molecule has 1 heterocycles. The number of hydrogen-bond acceptors (Lipinski definition) is 2. The second-order valence-corrected chi connectivity index (χ2v) is 4.48. The van der Waals surface area contributed by atoms with E-state index in [1.54, 1.807) is 29.9 Å². The zero-order valence-corrected chi connectivity index (χ0v) is 11.2. The molecule has 0 aliphatic carbocycles. The molecule has 0 bridgehead atoms. The van der Waals surface area contributed by atoms with Crippen LogP contribution < -0.4 is 5.73 Å². The molecule has 0 aliphatic rings. The number of rotatable bonds is 2. The Hall–Kier alpha value is -1.83. The fourth-order valence-corrected chi connectivity index (χ4v) is 1.81. The van der Waals surface area contributed by atoms with Crippen LogP contribution in [-0.4, -0.2) is 16.3 Å². The van der Waals surface area contributed by atoms with E-state index < -0.39 is 0 Å². The Balaban J connectivity index is 2.21. The van der Waals surface area contributed by atoms with Crippen molar-refractivity contribution in [3.8, 4) is 11.8 Å². The number of nitrogens with zero attached hydrogens (tertiary/aromatic N) is 2. The van der Waals surface area contributed by atoms with Gasteiger partial charge in [-0.2, -0.15) is 5.10 Å². The number of nitrogens with two attached hydrogens (primary N) is 1. The number of halogens is 2. The lowest BCUT2D eigenvalue weighted by Crippen LogP contribution is -2.03. The van der Waals surface area contributed by atoms with Crippen LogP contribution >= 0.6 is 11.6 Å². The molecule has 0 amide bonds. The Kier molecular flexibility index (Phi) is 4.20. The summed E-state index contributed by atoms with van der Waals surface area (Å²) in [5, 5.41) is 4.77. The summed E-state index contributed by atoms with van der Waals surface area (Å²) in [6, 6.07) is 4.86. The van der Waals surface area contributed by atoms with Gasteiger partial charge in [0.1, 0.15) is 5.82 Å². The van der Waals surface area contributed by atoms with Crippen molar-refractivity contribution in [2.45, 2.75) is 13.5 Å². The summed E-state index contributed by atoms with van der Waals surface area (Å²) < 4.78 is 15.5. The van der Waals surface area contributed by atoms with Crippen molar-refractivity contribution in [3.63, 3.8) is 0 Å². The highest BCUT2D eigenvalue weighted by Crippen LogP contribution is 2.15. The Labute approximate surface area is 116 Å². The quantitative estimate of drug-likeness (QED) is 0.857. The van der Waals surface area contributed by atoms with Gasteiger partial charge in [-0.3, -0.25) is 4.68 Å². The minimum Gasteiger partial charge on any atom is -0.320 e. The van der Waals surface area contributed by atoms with E-state index in [1.165, 1.54) is 6.07 Å². The predicted molar refractivity (Wildman–Crippen MR) is 73.4 cm³/mol. The molecular formula is C14H13ClFN3. The van der Waals surface area contributed by atoms with E-state index in [0.29, 0.717) is 22.7 Å². The van der Waals surface area contributed by atoms with Gasteiger partial charge in [-0.1, -0.05) is 29.5 Å². The molecule has 0 saturated carbocycles. The molecule has 0 fully saturated rings. The predicted octanol–water partition coefficient (Wildman–Crippen LogP) is 2.34. The van der Waals surface area contributed by atoms with Crippen LogP contribution in [0.3, 0.4) is 0 Å². The molecule has 2 rings (SSSR count). The summed E-state index contributed by atoms with van der Waals surface area (Å²) >= 11 is 5.91. The lowest BCUT2D eigenvalue weighted by molar-refractivity contribution is 0.583. The van der Waals surface area contributed by atoms with Crippen molar-refractivity contribution < 1.29 is 4.39 Å². The first kappa shape index (κ1) is 13.6. The van der Waals surface area contributed by atoms with Crippen LogP contribution in [0, 0.1) is 24.6 Å². The van der Waals surface area contributed by atoms with Crippen molar-refractivity contribution in [1.29, 1.82) is 0 Å². The third kappa shape index (κ3) is 3.34. The Bertz CT molecular complexity index is 633. The zero-order valence-electron chi connectivity index (χ0n) is 10.5. The van der Waals surface area contributed by atoms with Crippen LogP contribution in [0.4, 0.5) is 4.39 Å². The Morgan fingerprint density at radius 3 is 2.84 bits per heavy atom. The van der Waals surface area contributed by atoms with Crippen molar-refractivity contribution in [3.05, 3.63) is 52.1 Å². The summed E-state index contributed by atoms with van der Waals surface area (Å²) in [4.78, 5) is 0. The molecule has 0 radical (unpaired) electrons. The molecule has 0 unspecified atom stereocenters. The first-order chi connectivity index (χ1) is 9.10. The van der Waals surface area contributed by atoms with Gasteiger partial charge in [-0.25, -0.2) is 4.39 Å². The van der Waals surface area contributed by atoms with Crippen molar-refractivity contribution >= 4 is 11.6 Å². The average molecular weight is 278 g/mol. The summed E-state index contributed by atoms with van der Waals surface area (Å²) in [7, 11) is 0. The van der Waals surface area contributed by atoms with Crippen LogP contribution in [0.5, 0.6) is 0 Å². The third-order valence-electron chi connectivity index (χ3n) is 2.61. The SMILES string of the molecule is Cc1nn(Cc2ccc(C#CCN)cc2F)cc1Cl. The smallest absolute Gasteiger partial charge is 0.129 e. The van der Waals surface area contributed by atoms with Gasteiger partial charge >= 0.3 is 0 Å². The summed E-state index contributed by atoms with van der Waals surface area (Å²) in [5.41, 5.74) is 7.15. The summed E-state index contributed by atoms with van der Waals surface area (Å²) in [6.45, 7) is 2.40. The maximum Gasteiger partial charge on any atom is 0.129 e. The van der Waals surface area contributed by atoms with E-state index >= 15 is 0 Å². The highest BCUT2D eigenvalue weighted by atomic mass is 35.5. The molecule has 5 heteroatoms. The lowest BCUT2D eigenvalue weighted by Gasteiger charge is -2.04. The van der Waals surface area contributed by atoms with Crippen molar-refractivity contribution in [2.24, 2.45) is 5.73 Å². The van der Waals surface area contributed by atoms with E-state index in [1.807, 2.05) is 0 Å². The van der Waals surface area contributed by atoms with E-state index in [9.17, 15) is 4.39 Å². The topological polar surface area (TPSA) is 43.8 Å². The third-order valence-corrected chi connectivity index (χ3v) is 2.98. The average Bonchev–Trinajstić information content (AvgIpc) is 2.69. The lowest BCUT2D eigenvalue weighted by atomic mass is 10.1. The van der Waals surface area contributed by atoms with Crippen LogP contribution in [0.1, 0.15) is 16.8 Å². The Morgan fingerprint density at radius 2 is 2.26 bits per heavy atom. The van der Waals surface area contributed by atoms with Gasteiger partial charge in [0.05, 0.1) is 23.8 Å². The highest BCUT2D eigenvalue weighted by molar-refractivity contribution is 6.31. The second-order valence-electron chi connectivity index (χ2n) is 4.07. The molecule has 1 aromatic heterocycles. The van der Waals surface area contributed by atoms with Gasteiger partial charge in [-0.15, -0.1) is 0 Å². The molecule has 19 heavy (non-hydrogen) atoms. The molecule has 98 valence electrons. The molecule has 0 spiro atoms. The second kappa shape index (κ2) is 5.87. The fourth-order valence-electron chi connectivity index (χ4n) is 1.66. The summed E-state index contributed by atoms with van der Waals surface area (Å²) in [5.74, 6) is 5.17. The normalized spacial score (nSPS) is 10.1. The number of aryl methyl sites for hydroxylation is 1. The van der Waals surface area contributed by atoms with Crippen molar-refractivity contribution in [1.82, 2.24) is 9.78 Å². The van der Waals surface area contributed by atoms with Crippen molar-refractivity contribution in [2.75, 3.05) is 6.54 Å². The Morgan fingerprint density at radius 1 is 1.47 bits per heavy atom. The first-order valence-electron chi connectivity index (χ1n) is 5.77. The zero-order chi connectivity index (χ0) is 13.8. The molecule has 2 aromatic rings. The van der Waals surface area contributed by atoms with Crippen LogP contribution in [0.15, 0.2) is 24.4 Å². The summed E-state index contributed by atoms with van der Waals surface area (Å²) in [6.07, 6.45) is 1.68. The van der Waals surface area contributed by atoms with Gasteiger partial charge in [0, 0.05) is 17.3 Å². The number of aromatic nitrogens is 2. The van der Waals surface area contributed by atoms with Crippen LogP contribution in [-0.2, 0) is 6.54 Å². The van der Waals surface area contributed by atoms with Gasteiger partial charge in [0.25, 0.3) is 0 Å². The maximum atomic E-state index is 13.9. The number of benzene rings is 1. The highest BCUT2D eigenvalue weighted by Gasteiger charge is 2.06.